The Hall–Kier alpha value is 0.0500. The van der Waals surface area contributed by atoms with E-state index in [9.17, 15) is 0 Å². The van der Waals surface area contributed by atoms with Crippen LogP contribution in [0.4, 0.5) is 0 Å². The van der Waals surface area contributed by atoms with Crippen LogP contribution in [-0.2, 0) is 0 Å². The van der Waals surface area contributed by atoms with Crippen molar-refractivity contribution in [2.45, 2.75) is 6.92 Å². The van der Waals surface area contributed by atoms with Gasteiger partial charge >= 0.3 is 0 Å². The van der Waals surface area contributed by atoms with Crippen LogP contribution in [0, 0.1) is 0 Å². The van der Waals surface area contributed by atoms with Gasteiger partial charge in [0.1, 0.15) is 0 Å². The summed E-state index contributed by atoms with van der Waals surface area (Å²) in [4.78, 5) is 1.01. The standard InChI is InChI=1S/C4H9NS/c1-4(6)3-5-2/h5H,3H2,1-2H3. The van der Waals surface area contributed by atoms with Crippen molar-refractivity contribution in [1.29, 1.82) is 0 Å². The summed E-state index contributed by atoms with van der Waals surface area (Å²) in [5, 5.41) is 2.93. The van der Waals surface area contributed by atoms with Gasteiger partial charge in [0.15, 0.2) is 0 Å². The highest BCUT2D eigenvalue weighted by Crippen LogP contribution is 1.65. The molecular formula is C4H9NS. The molecule has 1 N–H and O–H groups in total. The van der Waals surface area contributed by atoms with Crippen molar-refractivity contribution in [3.63, 3.8) is 0 Å². The van der Waals surface area contributed by atoms with Crippen LogP contribution in [0.1, 0.15) is 6.92 Å². The fourth-order valence-electron chi connectivity index (χ4n) is 0.249. The lowest BCUT2D eigenvalue weighted by atomic mass is 10.5. The quantitative estimate of drug-likeness (QED) is 0.513. The van der Waals surface area contributed by atoms with E-state index >= 15 is 0 Å². The summed E-state index contributed by atoms with van der Waals surface area (Å²) in [6.07, 6.45) is 0. The molecule has 36 valence electrons. The predicted octanol–water partition coefficient (Wildman–Crippen LogP) is 0.596. The fourth-order valence-corrected chi connectivity index (χ4v) is 0.393. The molecule has 0 aliphatic heterocycles. The van der Waals surface area contributed by atoms with Crippen LogP contribution >= 0.6 is 12.2 Å². The first-order valence-electron chi connectivity index (χ1n) is 1.91. The maximum Gasteiger partial charge on any atom is 0.0263 e. The predicted molar refractivity (Wildman–Crippen MR) is 32.2 cm³/mol. The molecule has 0 fully saturated rings. The van der Waals surface area contributed by atoms with Gasteiger partial charge in [-0.3, -0.25) is 0 Å². The molecular weight excluding hydrogens is 94.1 g/mol. The smallest absolute Gasteiger partial charge is 0.0263 e. The zero-order valence-corrected chi connectivity index (χ0v) is 4.93. The van der Waals surface area contributed by atoms with Crippen LogP contribution in [0.2, 0.25) is 0 Å². The first kappa shape index (κ1) is 6.05. The third-order valence-electron chi connectivity index (χ3n) is 0.426. The summed E-state index contributed by atoms with van der Waals surface area (Å²) in [5.41, 5.74) is 0. The van der Waals surface area contributed by atoms with E-state index in [1.807, 2.05) is 14.0 Å². The molecule has 0 radical (unpaired) electrons. The Morgan fingerprint density at radius 3 is 2.33 bits per heavy atom. The summed E-state index contributed by atoms with van der Waals surface area (Å²) >= 11 is 4.73. The summed E-state index contributed by atoms with van der Waals surface area (Å²) in [5.74, 6) is 0. The van der Waals surface area contributed by atoms with Crippen LogP contribution < -0.4 is 5.32 Å². The minimum absolute atomic E-state index is 0.856. The largest absolute Gasteiger partial charge is 0.315 e. The van der Waals surface area contributed by atoms with E-state index in [2.05, 4.69) is 5.32 Å². The minimum Gasteiger partial charge on any atom is -0.315 e. The van der Waals surface area contributed by atoms with Gasteiger partial charge in [-0.2, -0.15) is 0 Å². The van der Waals surface area contributed by atoms with E-state index in [4.69, 9.17) is 12.2 Å². The number of hydrogen-bond donors (Lipinski definition) is 1. The lowest BCUT2D eigenvalue weighted by Crippen LogP contribution is -2.13. The molecule has 2 heteroatoms. The third-order valence-corrected chi connectivity index (χ3v) is 0.570. The molecule has 0 saturated heterocycles. The highest BCUT2D eigenvalue weighted by Gasteiger charge is 1.76. The Bertz CT molecular complexity index is 51.5. The number of hydrogen-bond acceptors (Lipinski definition) is 2. The molecule has 0 unspecified atom stereocenters. The Balaban J connectivity index is 2.83. The van der Waals surface area contributed by atoms with Gasteiger partial charge in [0.25, 0.3) is 0 Å². The van der Waals surface area contributed by atoms with Crippen molar-refractivity contribution in [3.05, 3.63) is 0 Å². The highest BCUT2D eigenvalue weighted by atomic mass is 32.1. The zero-order valence-electron chi connectivity index (χ0n) is 4.12. The van der Waals surface area contributed by atoms with E-state index < -0.39 is 0 Å². The lowest BCUT2D eigenvalue weighted by molar-refractivity contribution is 0.952. The molecule has 1 nitrogen and oxygen atoms in total. The SMILES string of the molecule is CNCC(C)=S. The molecule has 6 heavy (non-hydrogen) atoms. The van der Waals surface area contributed by atoms with Gasteiger partial charge in [-0.1, -0.05) is 12.2 Å². The molecule has 0 rings (SSSR count). The summed E-state index contributed by atoms with van der Waals surface area (Å²) < 4.78 is 0. The van der Waals surface area contributed by atoms with Crippen molar-refractivity contribution in [2.75, 3.05) is 13.6 Å². The maximum absolute atomic E-state index is 4.73. The average molecular weight is 103 g/mol. The average Bonchev–Trinajstić information content (AvgIpc) is 1.35. The van der Waals surface area contributed by atoms with Crippen molar-refractivity contribution in [3.8, 4) is 0 Å². The first-order chi connectivity index (χ1) is 2.77. The molecule has 0 aromatic carbocycles. The lowest BCUT2D eigenvalue weighted by Gasteiger charge is -1.88. The van der Waals surface area contributed by atoms with Crippen molar-refractivity contribution in [1.82, 2.24) is 5.32 Å². The number of thiocarbonyl (C=S) groups is 1. The number of rotatable bonds is 2. The Kier molecular flexibility index (Phi) is 3.28. The van der Waals surface area contributed by atoms with E-state index in [1.165, 1.54) is 0 Å². The molecule has 0 aromatic heterocycles. The van der Waals surface area contributed by atoms with Crippen LogP contribution in [0.25, 0.3) is 0 Å². The topological polar surface area (TPSA) is 12.0 Å². The molecule has 0 aliphatic rings. The Labute approximate surface area is 43.7 Å². The van der Waals surface area contributed by atoms with Crippen molar-refractivity contribution >= 4 is 17.1 Å². The van der Waals surface area contributed by atoms with Gasteiger partial charge in [0.05, 0.1) is 0 Å². The molecule has 0 aliphatic carbocycles. The van der Waals surface area contributed by atoms with E-state index in [-0.39, 0.29) is 0 Å². The van der Waals surface area contributed by atoms with Gasteiger partial charge in [-0.15, -0.1) is 0 Å². The second kappa shape index (κ2) is 3.25. The highest BCUT2D eigenvalue weighted by molar-refractivity contribution is 7.80. The van der Waals surface area contributed by atoms with E-state index in [1.54, 1.807) is 0 Å². The van der Waals surface area contributed by atoms with Crippen LogP contribution in [0.3, 0.4) is 0 Å². The summed E-state index contributed by atoms with van der Waals surface area (Å²) in [6, 6.07) is 0. The maximum atomic E-state index is 4.73. The minimum atomic E-state index is 0.856. The molecule has 0 heterocycles. The number of nitrogens with one attached hydrogen (secondary N) is 1. The van der Waals surface area contributed by atoms with Gasteiger partial charge in [0.2, 0.25) is 0 Å². The Morgan fingerprint density at radius 1 is 1.83 bits per heavy atom. The Morgan fingerprint density at radius 2 is 2.33 bits per heavy atom. The molecule has 0 amide bonds. The van der Waals surface area contributed by atoms with Crippen LogP contribution in [0.5, 0.6) is 0 Å². The zero-order chi connectivity index (χ0) is 4.99. The second-order valence-corrected chi connectivity index (χ2v) is 1.93. The fraction of sp³-hybridized carbons (Fsp3) is 0.750. The van der Waals surface area contributed by atoms with Gasteiger partial charge in [-0.05, 0) is 14.0 Å². The van der Waals surface area contributed by atoms with Crippen LogP contribution in [-0.4, -0.2) is 18.5 Å². The second-order valence-electron chi connectivity index (χ2n) is 1.23. The summed E-state index contributed by atoms with van der Waals surface area (Å²) in [7, 11) is 1.88. The van der Waals surface area contributed by atoms with E-state index in [0.29, 0.717) is 0 Å². The van der Waals surface area contributed by atoms with E-state index in [0.717, 1.165) is 11.4 Å². The molecule has 0 saturated carbocycles. The third kappa shape index (κ3) is 4.05. The molecule has 0 atom stereocenters. The normalized spacial score (nSPS) is 8.33. The molecule has 0 aromatic rings. The monoisotopic (exact) mass is 103 g/mol. The van der Waals surface area contributed by atoms with Gasteiger partial charge in [0, 0.05) is 11.4 Å². The molecule has 0 spiro atoms. The van der Waals surface area contributed by atoms with Gasteiger partial charge < -0.3 is 5.32 Å². The van der Waals surface area contributed by atoms with Crippen molar-refractivity contribution in [2.24, 2.45) is 0 Å². The molecule has 0 bridgehead atoms. The van der Waals surface area contributed by atoms with Gasteiger partial charge in [-0.25, -0.2) is 0 Å². The van der Waals surface area contributed by atoms with Crippen molar-refractivity contribution < 1.29 is 0 Å². The first-order valence-corrected chi connectivity index (χ1v) is 2.32. The summed E-state index contributed by atoms with van der Waals surface area (Å²) in [6.45, 7) is 2.78. The van der Waals surface area contributed by atoms with Crippen LogP contribution in [0.15, 0.2) is 0 Å².